The molecule has 24 nitrogen and oxygen atoms in total. The van der Waals surface area contributed by atoms with E-state index in [2.05, 4.69) is 46.2 Å². The Morgan fingerprint density at radius 1 is 0.481 bits per heavy atom. The van der Waals surface area contributed by atoms with Crippen LogP contribution in [0, 0.1) is 27.7 Å². The fourth-order valence-corrected chi connectivity index (χ4v) is 8.45. The number of fused-ring (bicyclic) bond motifs is 2. The van der Waals surface area contributed by atoms with Gasteiger partial charge >= 0.3 is 21.2 Å². The summed E-state index contributed by atoms with van der Waals surface area (Å²) in [6.07, 6.45) is 0. The lowest BCUT2D eigenvalue weighted by Crippen LogP contribution is -2.08. The van der Waals surface area contributed by atoms with E-state index in [0.717, 1.165) is 46.0 Å². The van der Waals surface area contributed by atoms with Crippen molar-refractivity contribution < 1.29 is 61.0 Å². The number of nitrogens with two attached hydrogens (primary N) is 1. The first kappa shape index (κ1) is 57.2. The minimum Gasteiger partial charge on any atom is -0.505 e. The van der Waals surface area contributed by atoms with Crippen molar-refractivity contribution in [2.45, 2.75) is 37.5 Å². The number of aryl methyl sites for hydroxylation is 4. The van der Waals surface area contributed by atoms with Gasteiger partial charge in [-0.05, 0) is 176 Å². The minimum absolute atomic E-state index is 0.0125. The number of azo groups is 4. The van der Waals surface area contributed by atoms with Crippen LogP contribution in [-0.4, -0.2) is 63.0 Å². The standard InChI is InChI=1S/C49H42N10O8S2.2O3S/c1-28-20-37(12-18-41(28)54-52-36-13-19-42(29(2)21-36)55-59-46-26-40-32(25-48(46)69(64,65)66)6-5-7-47(40)68(61,62)63)53-57-44-22-31(4)45(23-30(44)3)58-56-43-17-8-33-24-35(11-16-39(33)49(43)60)51-27-67-38-14-9-34(50)10-15-38;2*1-4(2)3/h5-26,51,60H,27,50H2,1-4H3,(H,61,62,63)(H,64,65,66);;. The summed E-state index contributed by atoms with van der Waals surface area (Å²) in [6, 6.07) is 36.4. The highest BCUT2D eigenvalue weighted by Crippen LogP contribution is 2.39. The first-order valence-electron chi connectivity index (χ1n) is 21.9. The van der Waals surface area contributed by atoms with Crippen LogP contribution in [0.1, 0.15) is 22.3 Å². The van der Waals surface area contributed by atoms with Crippen LogP contribution in [0.4, 0.5) is 56.9 Å². The molecular weight excluding hydrogens is 1080 g/mol. The number of nitrogens with one attached hydrogen (secondary N) is 1. The molecule has 0 amide bonds. The van der Waals surface area contributed by atoms with Gasteiger partial charge in [0.25, 0.3) is 20.2 Å². The third-order valence-electron chi connectivity index (χ3n) is 10.8. The molecule has 396 valence electrons. The van der Waals surface area contributed by atoms with E-state index in [1.54, 1.807) is 67.6 Å². The first-order valence-corrected chi connectivity index (χ1v) is 26.8. The second-order valence-electron chi connectivity index (χ2n) is 16.2. The molecule has 0 fully saturated rings. The number of ether oxygens (including phenoxy) is 1. The lowest BCUT2D eigenvalue weighted by molar-refractivity contribution is 0.347. The molecule has 0 aliphatic heterocycles. The topological polar surface area (TPSA) is 378 Å². The molecule has 0 unspecified atom stereocenters. The Labute approximate surface area is 442 Å². The summed E-state index contributed by atoms with van der Waals surface area (Å²) in [7, 11) is -15.7. The lowest BCUT2D eigenvalue weighted by atomic mass is 10.1. The molecule has 6 N–H and O–H groups in total. The quantitative estimate of drug-likeness (QED) is 0.0292. The maximum Gasteiger partial charge on any atom is 0.425 e. The molecule has 0 atom stereocenters. The smallest absolute Gasteiger partial charge is 0.425 e. The predicted octanol–water partition coefficient (Wildman–Crippen LogP) is 12.1. The predicted molar refractivity (Wildman–Crippen MR) is 284 cm³/mol. The fraction of sp³-hybridized carbons (Fsp3) is 0.102. The Morgan fingerprint density at radius 3 is 1.49 bits per heavy atom. The average molecular weight is 1120 g/mol. The van der Waals surface area contributed by atoms with E-state index < -0.39 is 51.2 Å². The van der Waals surface area contributed by atoms with Crippen molar-refractivity contribution in [2.24, 2.45) is 40.9 Å². The van der Waals surface area contributed by atoms with Gasteiger partial charge in [0.2, 0.25) is 0 Å². The monoisotopic (exact) mass is 1120 g/mol. The van der Waals surface area contributed by atoms with E-state index in [1.165, 1.54) is 12.1 Å². The van der Waals surface area contributed by atoms with E-state index in [9.17, 15) is 31.0 Å². The SMILES string of the molecule is Cc1cc(N=Nc2cc(C)c(N=Nc3ccc4cc(NCOc5ccc(N)cc5)ccc4c3O)cc2C)ccc1N=Nc1ccc(N=Nc2cc3c(S(=O)(=O)O)cccc3cc2S(=O)(=O)O)c(C)c1.O=S(=O)=O.O=S(=O)=O. The number of hydrogen-bond donors (Lipinski definition) is 5. The third-order valence-corrected chi connectivity index (χ3v) is 12.6. The van der Waals surface area contributed by atoms with Gasteiger partial charge in [-0.2, -0.15) is 47.5 Å². The van der Waals surface area contributed by atoms with Crippen molar-refractivity contribution in [3.8, 4) is 11.5 Å². The number of benzene rings is 8. The summed E-state index contributed by atoms with van der Waals surface area (Å²) in [5.74, 6) is 0.703. The zero-order valence-electron chi connectivity index (χ0n) is 40.5. The molecule has 0 aromatic heterocycles. The van der Waals surface area contributed by atoms with E-state index in [0.29, 0.717) is 62.2 Å². The molecule has 0 saturated heterocycles. The van der Waals surface area contributed by atoms with E-state index in [4.69, 9.17) is 35.7 Å². The summed E-state index contributed by atoms with van der Waals surface area (Å²) in [4.78, 5) is -1.06. The van der Waals surface area contributed by atoms with Crippen LogP contribution in [0.25, 0.3) is 21.5 Å². The summed E-state index contributed by atoms with van der Waals surface area (Å²) < 4.78 is 124. The molecule has 0 heterocycles. The Kier molecular flexibility index (Phi) is 18.6. The first-order chi connectivity index (χ1) is 36.4. The van der Waals surface area contributed by atoms with Crippen LogP contribution in [0.2, 0.25) is 0 Å². The molecule has 8 aromatic rings. The van der Waals surface area contributed by atoms with E-state index in [1.807, 2.05) is 63.2 Å². The zero-order chi connectivity index (χ0) is 56.2. The minimum atomic E-state index is -4.80. The van der Waals surface area contributed by atoms with Gasteiger partial charge in [0.15, 0.2) is 12.5 Å². The third kappa shape index (κ3) is 16.0. The van der Waals surface area contributed by atoms with Crippen LogP contribution in [0.15, 0.2) is 184 Å². The van der Waals surface area contributed by atoms with Crippen molar-refractivity contribution in [2.75, 3.05) is 17.8 Å². The highest BCUT2D eigenvalue weighted by molar-refractivity contribution is 7.86. The summed E-state index contributed by atoms with van der Waals surface area (Å²) in [6.45, 7) is 7.63. The largest absolute Gasteiger partial charge is 0.505 e. The number of aromatic hydroxyl groups is 1. The second-order valence-corrected chi connectivity index (χ2v) is 19.8. The van der Waals surface area contributed by atoms with Gasteiger partial charge in [-0.1, -0.05) is 18.2 Å². The number of anilines is 2. The molecule has 0 radical (unpaired) electrons. The Balaban J connectivity index is 0.00000112. The normalized spacial score (nSPS) is 11.7. The van der Waals surface area contributed by atoms with Crippen LogP contribution < -0.4 is 15.8 Å². The molecule has 28 heteroatoms. The highest BCUT2D eigenvalue weighted by atomic mass is 32.2. The highest BCUT2D eigenvalue weighted by Gasteiger charge is 2.21. The van der Waals surface area contributed by atoms with Crippen LogP contribution in [0.5, 0.6) is 11.5 Å². The van der Waals surface area contributed by atoms with Gasteiger partial charge in [-0.15, -0.1) is 35.5 Å². The molecule has 0 saturated carbocycles. The van der Waals surface area contributed by atoms with Gasteiger partial charge in [-0.25, -0.2) is 0 Å². The molecule has 8 aromatic carbocycles. The van der Waals surface area contributed by atoms with Crippen molar-refractivity contribution in [3.63, 3.8) is 0 Å². The molecule has 77 heavy (non-hydrogen) atoms. The second kappa shape index (κ2) is 25.0. The maximum atomic E-state index is 12.2. The number of hydrogen-bond acceptors (Lipinski definition) is 22. The van der Waals surface area contributed by atoms with Gasteiger partial charge in [0, 0.05) is 22.1 Å². The fourth-order valence-electron chi connectivity index (χ4n) is 7.10. The van der Waals surface area contributed by atoms with Gasteiger partial charge < -0.3 is 20.9 Å². The molecule has 0 spiro atoms. The number of nitrogen functional groups attached to an aromatic ring is 1. The molecular formula is C49H42N10O14S4. The molecule has 0 aliphatic carbocycles. The Bertz CT molecular complexity index is 4140. The van der Waals surface area contributed by atoms with Crippen LogP contribution in [0.3, 0.4) is 0 Å². The van der Waals surface area contributed by atoms with Crippen molar-refractivity contribution in [1.29, 1.82) is 0 Å². The number of phenolic OH excluding ortho intramolecular Hbond substituents is 1. The average Bonchev–Trinajstić information content (AvgIpc) is 3.35. The molecule has 0 aliphatic rings. The zero-order valence-corrected chi connectivity index (χ0v) is 43.8. The lowest BCUT2D eigenvalue weighted by Gasteiger charge is -2.11. The number of rotatable bonds is 14. The van der Waals surface area contributed by atoms with Crippen molar-refractivity contribution >= 4 is 120 Å². The van der Waals surface area contributed by atoms with Gasteiger partial charge in [-0.3, -0.25) is 9.11 Å². The number of phenols is 1. The molecule has 0 bridgehead atoms. The summed E-state index contributed by atoms with van der Waals surface area (Å²) in [5, 5.41) is 50.6. The van der Waals surface area contributed by atoms with Gasteiger partial charge in [0.05, 0.1) is 34.1 Å². The van der Waals surface area contributed by atoms with E-state index >= 15 is 0 Å². The van der Waals surface area contributed by atoms with Crippen molar-refractivity contribution in [1.82, 2.24) is 0 Å². The van der Waals surface area contributed by atoms with Crippen molar-refractivity contribution in [3.05, 3.63) is 156 Å². The van der Waals surface area contributed by atoms with E-state index in [-0.39, 0.29) is 28.9 Å². The number of nitrogens with zero attached hydrogens (tertiary/aromatic N) is 8. The molecule has 8 rings (SSSR count). The summed E-state index contributed by atoms with van der Waals surface area (Å²) in [5.41, 5.74) is 13.5. The maximum absolute atomic E-state index is 12.2. The summed E-state index contributed by atoms with van der Waals surface area (Å²) >= 11 is 0. The van der Waals surface area contributed by atoms with Crippen LogP contribution >= 0.6 is 0 Å². The Hall–Kier alpha value is -9.06. The van der Waals surface area contributed by atoms with Gasteiger partial charge in [0.1, 0.15) is 26.9 Å². The Morgan fingerprint density at radius 2 is 0.948 bits per heavy atom. The van der Waals surface area contributed by atoms with Crippen LogP contribution in [-0.2, 0) is 41.5 Å².